The van der Waals surface area contributed by atoms with Crippen LogP contribution in [0.25, 0.3) is 10.1 Å². The van der Waals surface area contributed by atoms with E-state index in [-0.39, 0.29) is 5.75 Å². The Balaban J connectivity index is 2.85. The summed E-state index contributed by atoms with van der Waals surface area (Å²) in [7, 11) is 0. The quantitative estimate of drug-likeness (QED) is 0.725. The van der Waals surface area contributed by atoms with Gasteiger partial charge in [0, 0.05) is 0 Å². The molecule has 0 bridgehead atoms. The third kappa shape index (κ3) is 1.35. The van der Waals surface area contributed by atoms with Crippen LogP contribution in [0, 0.1) is 11.3 Å². The predicted octanol–water partition coefficient (Wildman–Crippen LogP) is 3.13. The van der Waals surface area contributed by atoms with Crippen LogP contribution in [0.3, 0.4) is 0 Å². The van der Waals surface area contributed by atoms with Crippen LogP contribution in [-0.2, 0) is 0 Å². The van der Waals surface area contributed by atoms with Gasteiger partial charge in [-0.15, -0.1) is 11.3 Å². The van der Waals surface area contributed by atoms with Crippen molar-refractivity contribution in [2.75, 3.05) is 0 Å². The van der Waals surface area contributed by atoms with Crippen LogP contribution in [0.2, 0.25) is 4.34 Å². The van der Waals surface area contributed by atoms with Crippen molar-refractivity contribution < 1.29 is 5.11 Å². The van der Waals surface area contributed by atoms with Crippen LogP contribution in [0.1, 0.15) is 5.56 Å². The van der Waals surface area contributed by atoms with Gasteiger partial charge in [0.15, 0.2) is 0 Å². The molecule has 0 aliphatic carbocycles. The molecular formula is C9H4ClNOS. The van der Waals surface area contributed by atoms with Crippen LogP contribution in [-0.4, -0.2) is 5.11 Å². The monoisotopic (exact) mass is 209 g/mol. The topological polar surface area (TPSA) is 44.0 Å². The second kappa shape index (κ2) is 2.91. The standard InChI is InChI=1S/C9H4ClNOS/c10-8-3-6-1-5(4-11)2-7(12)9(6)13-8/h1-3,12H. The molecule has 1 aromatic heterocycles. The lowest BCUT2D eigenvalue weighted by molar-refractivity contribution is 0.482. The molecule has 0 aliphatic rings. The summed E-state index contributed by atoms with van der Waals surface area (Å²) in [4.78, 5) is 0. The Hall–Kier alpha value is -1.24. The number of benzene rings is 1. The van der Waals surface area contributed by atoms with Gasteiger partial charge in [-0.1, -0.05) is 11.6 Å². The van der Waals surface area contributed by atoms with E-state index in [2.05, 4.69) is 0 Å². The van der Waals surface area contributed by atoms with E-state index in [0.29, 0.717) is 9.90 Å². The van der Waals surface area contributed by atoms with E-state index >= 15 is 0 Å². The molecule has 0 spiro atoms. The number of aromatic hydroxyl groups is 1. The molecule has 13 heavy (non-hydrogen) atoms. The lowest BCUT2D eigenvalue weighted by Crippen LogP contribution is -1.73. The van der Waals surface area contributed by atoms with Crippen molar-refractivity contribution in [1.82, 2.24) is 0 Å². The zero-order valence-electron chi connectivity index (χ0n) is 6.41. The number of nitriles is 1. The Morgan fingerprint density at radius 1 is 1.38 bits per heavy atom. The van der Waals surface area contributed by atoms with Crippen molar-refractivity contribution in [3.8, 4) is 11.8 Å². The summed E-state index contributed by atoms with van der Waals surface area (Å²) < 4.78 is 1.34. The van der Waals surface area contributed by atoms with E-state index in [0.717, 1.165) is 10.1 Å². The Morgan fingerprint density at radius 2 is 2.15 bits per heavy atom. The average Bonchev–Trinajstić information content (AvgIpc) is 2.46. The van der Waals surface area contributed by atoms with E-state index in [1.54, 1.807) is 12.1 Å². The van der Waals surface area contributed by atoms with Crippen molar-refractivity contribution in [3.05, 3.63) is 28.1 Å². The molecule has 0 radical (unpaired) electrons. The number of phenolic OH excluding ortho intramolecular Hbond substituents is 1. The van der Waals surface area contributed by atoms with Gasteiger partial charge in [-0.2, -0.15) is 5.26 Å². The molecule has 0 aliphatic heterocycles. The van der Waals surface area contributed by atoms with Crippen LogP contribution in [0.5, 0.6) is 5.75 Å². The third-order valence-corrected chi connectivity index (χ3v) is 3.00. The summed E-state index contributed by atoms with van der Waals surface area (Å²) in [6.45, 7) is 0. The molecule has 0 atom stereocenters. The van der Waals surface area contributed by atoms with Gasteiger partial charge in [-0.3, -0.25) is 0 Å². The van der Waals surface area contributed by atoms with Crippen LogP contribution >= 0.6 is 22.9 Å². The summed E-state index contributed by atoms with van der Waals surface area (Å²) in [6.07, 6.45) is 0. The third-order valence-electron chi connectivity index (χ3n) is 1.70. The van der Waals surface area contributed by atoms with Crippen LogP contribution < -0.4 is 0 Å². The minimum Gasteiger partial charge on any atom is -0.506 e. The van der Waals surface area contributed by atoms with Gasteiger partial charge in [-0.05, 0) is 23.6 Å². The highest BCUT2D eigenvalue weighted by Gasteiger charge is 2.06. The molecule has 4 heteroatoms. The molecule has 2 rings (SSSR count). The van der Waals surface area contributed by atoms with Gasteiger partial charge in [0.25, 0.3) is 0 Å². The number of nitrogens with zero attached hydrogens (tertiary/aromatic N) is 1. The first kappa shape index (κ1) is 8.36. The molecule has 1 aromatic carbocycles. The summed E-state index contributed by atoms with van der Waals surface area (Å²) in [5.74, 6) is 0.117. The Bertz CT molecular complexity index is 512. The zero-order chi connectivity index (χ0) is 9.42. The largest absolute Gasteiger partial charge is 0.506 e. The minimum absolute atomic E-state index is 0.117. The highest BCUT2D eigenvalue weighted by atomic mass is 35.5. The first-order valence-corrected chi connectivity index (χ1v) is 4.72. The smallest absolute Gasteiger partial charge is 0.134 e. The summed E-state index contributed by atoms with van der Waals surface area (Å²) in [5.41, 5.74) is 0.444. The van der Waals surface area contributed by atoms with Gasteiger partial charge < -0.3 is 5.11 Å². The van der Waals surface area contributed by atoms with Gasteiger partial charge in [0.2, 0.25) is 0 Å². The average molecular weight is 210 g/mol. The van der Waals surface area contributed by atoms with Crippen molar-refractivity contribution in [2.45, 2.75) is 0 Å². The fraction of sp³-hybridized carbons (Fsp3) is 0. The maximum atomic E-state index is 9.50. The van der Waals surface area contributed by atoms with E-state index in [1.807, 2.05) is 6.07 Å². The normalized spacial score (nSPS) is 10.2. The van der Waals surface area contributed by atoms with Crippen LogP contribution in [0.15, 0.2) is 18.2 Å². The lowest BCUT2D eigenvalue weighted by Gasteiger charge is -1.94. The van der Waals surface area contributed by atoms with Gasteiger partial charge in [-0.25, -0.2) is 0 Å². The summed E-state index contributed by atoms with van der Waals surface area (Å²) in [5, 5.41) is 18.9. The van der Waals surface area contributed by atoms with Crippen molar-refractivity contribution >= 4 is 33.0 Å². The molecule has 1 N–H and O–H groups in total. The second-order valence-corrected chi connectivity index (χ2v) is 4.26. The Morgan fingerprint density at radius 3 is 2.85 bits per heavy atom. The minimum atomic E-state index is 0.117. The maximum Gasteiger partial charge on any atom is 0.134 e. The number of thiophene rings is 1. The highest BCUT2D eigenvalue weighted by Crippen LogP contribution is 2.36. The fourth-order valence-electron chi connectivity index (χ4n) is 1.17. The molecule has 0 fully saturated rings. The number of hydrogen-bond donors (Lipinski definition) is 1. The molecule has 64 valence electrons. The number of halogens is 1. The predicted molar refractivity (Wildman–Crippen MR) is 53.2 cm³/mol. The van der Waals surface area contributed by atoms with Gasteiger partial charge in [0.05, 0.1) is 20.7 Å². The van der Waals surface area contributed by atoms with Crippen molar-refractivity contribution in [3.63, 3.8) is 0 Å². The van der Waals surface area contributed by atoms with E-state index < -0.39 is 0 Å². The number of fused-ring (bicyclic) bond motifs is 1. The highest BCUT2D eigenvalue weighted by molar-refractivity contribution is 7.23. The molecule has 0 amide bonds. The Labute approximate surface area is 83.6 Å². The Kier molecular flexibility index (Phi) is 1.87. The van der Waals surface area contributed by atoms with Crippen LogP contribution in [0.4, 0.5) is 0 Å². The fourth-order valence-corrected chi connectivity index (χ4v) is 2.30. The molecule has 1 heterocycles. The summed E-state index contributed by atoms with van der Waals surface area (Å²) in [6, 6.07) is 6.85. The molecule has 2 nitrogen and oxygen atoms in total. The number of rotatable bonds is 0. The first-order chi connectivity index (χ1) is 6.20. The molecular weight excluding hydrogens is 206 g/mol. The molecule has 0 saturated heterocycles. The number of phenols is 1. The van der Waals surface area contributed by atoms with Crippen molar-refractivity contribution in [1.29, 1.82) is 5.26 Å². The number of hydrogen-bond acceptors (Lipinski definition) is 3. The molecule has 0 saturated carbocycles. The first-order valence-electron chi connectivity index (χ1n) is 3.53. The maximum absolute atomic E-state index is 9.50. The van der Waals surface area contributed by atoms with Gasteiger partial charge in [0.1, 0.15) is 5.75 Å². The molecule has 0 unspecified atom stereocenters. The van der Waals surface area contributed by atoms with Gasteiger partial charge >= 0.3 is 0 Å². The van der Waals surface area contributed by atoms with Crippen molar-refractivity contribution in [2.24, 2.45) is 0 Å². The van der Waals surface area contributed by atoms with E-state index in [4.69, 9.17) is 16.9 Å². The lowest BCUT2D eigenvalue weighted by atomic mass is 10.2. The molecule has 2 aromatic rings. The zero-order valence-corrected chi connectivity index (χ0v) is 7.99. The van der Waals surface area contributed by atoms with E-state index in [1.165, 1.54) is 17.4 Å². The summed E-state index contributed by atoms with van der Waals surface area (Å²) >= 11 is 7.08. The van der Waals surface area contributed by atoms with E-state index in [9.17, 15) is 5.11 Å². The second-order valence-electron chi connectivity index (χ2n) is 2.58. The SMILES string of the molecule is N#Cc1cc(O)c2sc(Cl)cc2c1.